The molecular weight excluding hydrogens is 294 g/mol. The van der Waals surface area contributed by atoms with Gasteiger partial charge in [0, 0.05) is 0 Å². The first-order valence-electron chi connectivity index (χ1n) is 5.21. The van der Waals surface area contributed by atoms with Crippen LogP contribution in [-0.2, 0) is 9.84 Å². The number of hydrogen-bond acceptors (Lipinski definition) is 5. The van der Waals surface area contributed by atoms with Gasteiger partial charge in [-0.1, -0.05) is 11.6 Å². The van der Waals surface area contributed by atoms with Crippen LogP contribution in [0.4, 0.5) is 0 Å². The molecule has 0 aliphatic carbocycles. The summed E-state index contributed by atoms with van der Waals surface area (Å²) in [4.78, 5) is 10.7. The van der Waals surface area contributed by atoms with Gasteiger partial charge in [0.15, 0.2) is 5.75 Å². The average Bonchev–Trinajstić information content (AvgIpc) is 2.33. The van der Waals surface area contributed by atoms with Gasteiger partial charge in [-0.05, 0) is 25.5 Å². The summed E-state index contributed by atoms with van der Waals surface area (Å²) in [5.41, 5.74) is 0.189. The highest BCUT2D eigenvalue weighted by Crippen LogP contribution is 2.37. The molecule has 0 saturated heterocycles. The number of carbonyl (C=O) groups is 1. The molecule has 1 rings (SSSR count). The SMILES string of the molecule is CCOc1c(Cl)c(C(=O)O)cc(C)c1S(=O)(=O)C=N. The van der Waals surface area contributed by atoms with E-state index >= 15 is 0 Å². The summed E-state index contributed by atoms with van der Waals surface area (Å²) in [5.74, 6) is -1.52. The smallest absolute Gasteiger partial charge is 0.337 e. The van der Waals surface area contributed by atoms with E-state index < -0.39 is 15.8 Å². The summed E-state index contributed by atoms with van der Waals surface area (Å²) in [6, 6.07) is 1.14. The lowest BCUT2D eigenvalue weighted by Crippen LogP contribution is -2.11. The van der Waals surface area contributed by atoms with E-state index in [1.807, 2.05) is 0 Å². The number of halogens is 1. The van der Waals surface area contributed by atoms with Crippen molar-refractivity contribution in [1.82, 2.24) is 0 Å². The van der Waals surface area contributed by atoms with Crippen LogP contribution in [0.5, 0.6) is 5.75 Å². The monoisotopic (exact) mass is 305 g/mol. The first-order chi connectivity index (χ1) is 8.76. The van der Waals surface area contributed by atoms with Crippen LogP contribution >= 0.6 is 11.6 Å². The minimum absolute atomic E-state index is 0.114. The highest BCUT2D eigenvalue weighted by Gasteiger charge is 2.27. The van der Waals surface area contributed by atoms with Gasteiger partial charge in [0.05, 0.1) is 17.2 Å². The van der Waals surface area contributed by atoms with E-state index in [4.69, 9.17) is 26.9 Å². The van der Waals surface area contributed by atoms with Crippen molar-refractivity contribution < 1.29 is 23.1 Å². The fourth-order valence-corrected chi connectivity index (χ4v) is 2.97. The molecule has 0 fully saturated rings. The zero-order valence-corrected chi connectivity index (χ0v) is 11.8. The van der Waals surface area contributed by atoms with E-state index in [0.717, 1.165) is 6.07 Å². The third-order valence-electron chi connectivity index (χ3n) is 2.32. The Labute approximate surface area is 115 Å². The quantitative estimate of drug-likeness (QED) is 0.640. The largest absolute Gasteiger partial charge is 0.491 e. The Kier molecular flexibility index (Phi) is 4.54. The minimum Gasteiger partial charge on any atom is -0.491 e. The summed E-state index contributed by atoms with van der Waals surface area (Å²) >= 11 is 5.88. The lowest BCUT2D eigenvalue weighted by atomic mass is 10.1. The third kappa shape index (κ3) is 2.87. The molecule has 0 aliphatic heterocycles. The highest BCUT2D eigenvalue weighted by molar-refractivity contribution is 8.04. The molecule has 2 N–H and O–H groups in total. The zero-order chi connectivity index (χ0) is 14.8. The molecule has 0 amide bonds. The third-order valence-corrected chi connectivity index (χ3v) is 4.08. The standard InChI is InChI=1S/C11H12ClNO5S/c1-3-18-9-8(12)7(11(14)15)4-6(2)10(9)19(16,17)5-13/h4-5,13H,3H2,1-2H3,(H,14,15). The molecule has 1 aromatic carbocycles. The number of benzene rings is 1. The van der Waals surface area contributed by atoms with Crippen molar-refractivity contribution in [3.8, 4) is 5.75 Å². The van der Waals surface area contributed by atoms with E-state index in [9.17, 15) is 13.2 Å². The Balaban J connectivity index is 3.79. The van der Waals surface area contributed by atoms with E-state index in [-0.39, 0.29) is 38.9 Å². The maximum absolute atomic E-state index is 11.8. The first kappa shape index (κ1) is 15.5. The molecule has 104 valence electrons. The van der Waals surface area contributed by atoms with E-state index in [0.29, 0.717) is 0 Å². The Bertz CT molecular complexity index is 639. The summed E-state index contributed by atoms with van der Waals surface area (Å²) in [6.07, 6.45) is 0. The maximum Gasteiger partial charge on any atom is 0.337 e. The van der Waals surface area contributed by atoms with Crippen LogP contribution in [0.25, 0.3) is 0 Å². The van der Waals surface area contributed by atoms with Gasteiger partial charge in [-0.25, -0.2) is 13.2 Å². The van der Waals surface area contributed by atoms with Crippen LogP contribution in [0.15, 0.2) is 11.0 Å². The number of carboxylic acid groups (broad SMARTS) is 1. The molecule has 19 heavy (non-hydrogen) atoms. The van der Waals surface area contributed by atoms with Crippen molar-refractivity contribution in [3.63, 3.8) is 0 Å². The number of rotatable bonds is 5. The molecule has 0 bridgehead atoms. The second-order valence-electron chi connectivity index (χ2n) is 3.61. The van der Waals surface area contributed by atoms with Crippen molar-refractivity contribution >= 4 is 33.0 Å². The first-order valence-corrected chi connectivity index (χ1v) is 7.13. The number of sulfone groups is 1. The normalized spacial score (nSPS) is 11.1. The lowest BCUT2D eigenvalue weighted by molar-refractivity contribution is 0.0696. The number of carboxylic acids is 1. The second-order valence-corrected chi connectivity index (χ2v) is 5.73. The summed E-state index contributed by atoms with van der Waals surface area (Å²) in [6.45, 7) is 3.14. The van der Waals surface area contributed by atoms with E-state index in [1.165, 1.54) is 6.92 Å². The molecule has 6 nitrogen and oxygen atoms in total. The minimum atomic E-state index is -4.01. The predicted octanol–water partition coefficient (Wildman–Crippen LogP) is 2.13. The van der Waals surface area contributed by atoms with Crippen molar-refractivity contribution in [2.45, 2.75) is 18.7 Å². The number of ether oxygens (including phenoxy) is 1. The molecular formula is C11H12ClNO5S. The Morgan fingerprint density at radius 1 is 1.58 bits per heavy atom. The molecule has 0 atom stereocenters. The van der Waals surface area contributed by atoms with Crippen LogP contribution in [0.1, 0.15) is 22.8 Å². The molecule has 0 radical (unpaired) electrons. The molecule has 0 aliphatic rings. The topological polar surface area (TPSA) is 105 Å². The Morgan fingerprint density at radius 3 is 2.58 bits per heavy atom. The predicted molar refractivity (Wildman–Crippen MR) is 70.3 cm³/mol. The van der Waals surface area contributed by atoms with Gasteiger partial charge in [-0.3, -0.25) is 5.41 Å². The van der Waals surface area contributed by atoms with Crippen molar-refractivity contribution in [2.75, 3.05) is 6.61 Å². The fraction of sp³-hybridized carbons (Fsp3) is 0.273. The summed E-state index contributed by atoms with van der Waals surface area (Å²) in [7, 11) is -4.01. The van der Waals surface area contributed by atoms with Crippen LogP contribution in [0.2, 0.25) is 5.02 Å². The van der Waals surface area contributed by atoms with E-state index in [2.05, 4.69) is 0 Å². The van der Waals surface area contributed by atoms with Crippen LogP contribution in [0, 0.1) is 12.3 Å². The Morgan fingerprint density at radius 2 is 2.16 bits per heavy atom. The fourth-order valence-electron chi connectivity index (χ4n) is 1.59. The second kappa shape index (κ2) is 5.58. The highest BCUT2D eigenvalue weighted by atomic mass is 35.5. The number of hydrogen-bond donors (Lipinski definition) is 2. The van der Waals surface area contributed by atoms with Crippen LogP contribution < -0.4 is 4.74 Å². The Hall–Kier alpha value is -1.60. The van der Waals surface area contributed by atoms with Gasteiger partial charge in [-0.2, -0.15) is 0 Å². The van der Waals surface area contributed by atoms with E-state index in [1.54, 1.807) is 6.92 Å². The van der Waals surface area contributed by atoms with Gasteiger partial charge in [0.25, 0.3) is 0 Å². The molecule has 0 aromatic heterocycles. The van der Waals surface area contributed by atoms with Gasteiger partial charge >= 0.3 is 5.97 Å². The van der Waals surface area contributed by atoms with Crippen molar-refractivity contribution in [3.05, 3.63) is 22.2 Å². The van der Waals surface area contributed by atoms with Gasteiger partial charge in [0.2, 0.25) is 9.84 Å². The van der Waals surface area contributed by atoms with Gasteiger partial charge < -0.3 is 9.84 Å². The van der Waals surface area contributed by atoms with Gasteiger partial charge in [-0.15, -0.1) is 0 Å². The molecule has 8 heteroatoms. The maximum atomic E-state index is 11.8. The number of aryl methyl sites for hydroxylation is 1. The van der Waals surface area contributed by atoms with Crippen LogP contribution in [-0.4, -0.2) is 31.6 Å². The summed E-state index contributed by atoms with van der Waals surface area (Å²) in [5, 5.41) is 15.7. The molecule has 0 saturated carbocycles. The summed E-state index contributed by atoms with van der Waals surface area (Å²) < 4.78 is 28.8. The molecule has 0 heterocycles. The lowest BCUT2D eigenvalue weighted by Gasteiger charge is -2.15. The van der Waals surface area contributed by atoms with Gasteiger partial charge in [0.1, 0.15) is 10.4 Å². The van der Waals surface area contributed by atoms with Crippen LogP contribution in [0.3, 0.4) is 0 Å². The number of aromatic carboxylic acids is 1. The molecule has 1 aromatic rings. The zero-order valence-electron chi connectivity index (χ0n) is 10.2. The average molecular weight is 306 g/mol. The number of nitrogens with one attached hydrogen (secondary N) is 1. The van der Waals surface area contributed by atoms with Crippen molar-refractivity contribution in [2.24, 2.45) is 0 Å². The molecule has 0 spiro atoms. The molecule has 0 unspecified atom stereocenters. The van der Waals surface area contributed by atoms with Crippen molar-refractivity contribution in [1.29, 1.82) is 5.41 Å².